The first kappa shape index (κ1) is 73.0. The number of nitrogens with one attached hydrogen (secondary N) is 1. The summed E-state index contributed by atoms with van der Waals surface area (Å²) in [5.74, 6) is -0.192. The number of rotatable bonds is 61. The molecule has 0 aromatic carbocycles. The molecule has 74 heavy (non-hydrogen) atoms. The normalized spacial score (nSPS) is 13.9. The first-order chi connectivity index (χ1) is 36.0. The molecule has 9 heteroatoms. The Balaban J connectivity index is 3.77. The summed E-state index contributed by atoms with van der Waals surface area (Å²) >= 11 is 0. The maximum absolute atomic E-state index is 12.9. The van der Waals surface area contributed by atoms with Gasteiger partial charge in [0, 0.05) is 6.42 Å². The first-order valence-corrected chi connectivity index (χ1v) is 34.2. The molecule has 0 bridgehead atoms. The predicted molar refractivity (Wildman–Crippen MR) is 321 cm³/mol. The molecule has 0 aromatic rings. The van der Waals surface area contributed by atoms with E-state index < -0.39 is 20.0 Å². The van der Waals surface area contributed by atoms with E-state index in [1.165, 1.54) is 276 Å². The van der Waals surface area contributed by atoms with Gasteiger partial charge in [-0.25, -0.2) is 0 Å². The molecule has 0 saturated heterocycles. The highest BCUT2D eigenvalue weighted by Gasteiger charge is 2.23. The van der Waals surface area contributed by atoms with Gasteiger partial charge in [-0.2, -0.15) is 0 Å². The summed E-state index contributed by atoms with van der Waals surface area (Å²) < 4.78 is 23.3. The van der Waals surface area contributed by atoms with Crippen LogP contribution in [-0.4, -0.2) is 68.5 Å². The number of aliphatic hydroxyl groups excluding tert-OH is 1. The van der Waals surface area contributed by atoms with Crippen LogP contribution in [0.25, 0.3) is 0 Å². The van der Waals surface area contributed by atoms with Crippen molar-refractivity contribution in [3.05, 3.63) is 24.3 Å². The van der Waals surface area contributed by atoms with Gasteiger partial charge in [0.1, 0.15) is 13.2 Å². The lowest BCUT2D eigenvalue weighted by molar-refractivity contribution is -0.870. The lowest BCUT2D eigenvalue weighted by Gasteiger charge is -2.29. The molecule has 0 saturated carbocycles. The second-order valence-electron chi connectivity index (χ2n) is 23.8. The van der Waals surface area contributed by atoms with E-state index in [0.717, 1.165) is 38.5 Å². The molecule has 440 valence electrons. The second-order valence-corrected chi connectivity index (χ2v) is 25.2. The van der Waals surface area contributed by atoms with Gasteiger partial charge in [0.15, 0.2) is 0 Å². The summed E-state index contributed by atoms with van der Waals surface area (Å²) in [6, 6.07) is -0.882. The topological polar surface area (TPSA) is 108 Å². The van der Waals surface area contributed by atoms with Gasteiger partial charge in [-0.15, -0.1) is 0 Å². The third kappa shape index (κ3) is 58.7. The van der Waals surface area contributed by atoms with Crippen molar-refractivity contribution < 1.29 is 32.9 Å². The zero-order chi connectivity index (χ0) is 54.2. The minimum atomic E-state index is -4.59. The quantitative estimate of drug-likeness (QED) is 0.0272. The van der Waals surface area contributed by atoms with Crippen LogP contribution in [0.5, 0.6) is 0 Å². The lowest BCUT2D eigenvalue weighted by atomic mass is 10.0. The van der Waals surface area contributed by atoms with E-state index in [1.807, 2.05) is 27.2 Å². The number of hydrogen-bond acceptors (Lipinski definition) is 6. The Hall–Kier alpha value is -1.02. The number of quaternary nitrogens is 1. The fraction of sp³-hybridized carbons (Fsp3) is 0.923. The summed E-state index contributed by atoms with van der Waals surface area (Å²) in [4.78, 5) is 25.4. The SMILES string of the molecule is CCCCCCCCCC/C=C\CCCCCCCCCCCCCCCCCCCCCCCCCCCCCCCC(=O)NC(COP(=O)([O-])OCC[N+](C)(C)C)C(O)/C=C/CCCCCCCCCCC. The van der Waals surface area contributed by atoms with E-state index in [1.54, 1.807) is 6.08 Å². The predicted octanol–water partition coefficient (Wildman–Crippen LogP) is 19.7. The Morgan fingerprint density at radius 2 is 0.743 bits per heavy atom. The van der Waals surface area contributed by atoms with Gasteiger partial charge in [-0.1, -0.05) is 308 Å². The Kier molecular flexibility index (Phi) is 55.9. The Morgan fingerprint density at radius 3 is 1.05 bits per heavy atom. The molecule has 3 unspecified atom stereocenters. The van der Waals surface area contributed by atoms with Gasteiger partial charge in [0.25, 0.3) is 7.82 Å². The molecular weight excluding hydrogens is 936 g/mol. The Bertz CT molecular complexity index is 1260. The van der Waals surface area contributed by atoms with Crippen molar-refractivity contribution in [3.63, 3.8) is 0 Å². The van der Waals surface area contributed by atoms with E-state index in [2.05, 4.69) is 31.3 Å². The number of unbranched alkanes of at least 4 members (excludes halogenated alkanes) is 46. The molecule has 0 fully saturated rings. The maximum atomic E-state index is 12.9. The summed E-state index contributed by atoms with van der Waals surface area (Å²) in [5, 5.41) is 13.8. The van der Waals surface area contributed by atoms with Crippen LogP contribution >= 0.6 is 7.82 Å². The third-order valence-corrected chi connectivity index (χ3v) is 16.1. The van der Waals surface area contributed by atoms with Crippen LogP contribution in [0.1, 0.15) is 335 Å². The van der Waals surface area contributed by atoms with Gasteiger partial charge < -0.3 is 28.8 Å². The van der Waals surface area contributed by atoms with E-state index in [0.29, 0.717) is 17.4 Å². The zero-order valence-corrected chi connectivity index (χ0v) is 51.2. The minimum absolute atomic E-state index is 0.00168. The number of phosphoric acid groups is 1. The van der Waals surface area contributed by atoms with Crippen LogP contribution in [0, 0.1) is 0 Å². The van der Waals surface area contributed by atoms with Gasteiger partial charge in [-0.3, -0.25) is 9.36 Å². The lowest BCUT2D eigenvalue weighted by Crippen LogP contribution is -2.45. The van der Waals surface area contributed by atoms with Crippen molar-refractivity contribution in [2.24, 2.45) is 0 Å². The molecule has 2 N–H and O–H groups in total. The number of nitrogens with zero attached hydrogens (tertiary/aromatic N) is 1. The average molecular weight is 1070 g/mol. The average Bonchev–Trinajstić information content (AvgIpc) is 3.36. The molecule has 1 amide bonds. The summed E-state index contributed by atoms with van der Waals surface area (Å²) in [7, 11) is 1.27. The largest absolute Gasteiger partial charge is 0.756 e. The number of phosphoric ester groups is 1. The number of carbonyl (C=O) groups is 1. The van der Waals surface area contributed by atoms with Crippen molar-refractivity contribution in [1.29, 1.82) is 0 Å². The Morgan fingerprint density at radius 1 is 0.459 bits per heavy atom. The number of hydrogen-bond donors (Lipinski definition) is 2. The van der Waals surface area contributed by atoms with Crippen LogP contribution < -0.4 is 10.2 Å². The fourth-order valence-corrected chi connectivity index (χ4v) is 10.8. The van der Waals surface area contributed by atoms with E-state index in [9.17, 15) is 19.4 Å². The monoisotopic (exact) mass is 1060 g/mol. The van der Waals surface area contributed by atoms with Crippen molar-refractivity contribution in [2.75, 3.05) is 40.9 Å². The highest BCUT2D eigenvalue weighted by atomic mass is 31.2. The summed E-state index contributed by atoms with van der Waals surface area (Å²) in [6.07, 6.45) is 73.2. The molecule has 0 aliphatic rings. The maximum Gasteiger partial charge on any atom is 0.268 e. The molecule has 0 radical (unpaired) electrons. The van der Waals surface area contributed by atoms with E-state index >= 15 is 0 Å². The van der Waals surface area contributed by atoms with Gasteiger partial charge in [0.05, 0.1) is 39.9 Å². The molecule has 0 heterocycles. The molecule has 0 aliphatic heterocycles. The first-order valence-electron chi connectivity index (χ1n) is 32.7. The van der Waals surface area contributed by atoms with Crippen LogP contribution in [0.4, 0.5) is 0 Å². The third-order valence-electron chi connectivity index (χ3n) is 15.2. The standard InChI is InChI=1S/C65H129N2O6P/c1-6-8-10-12-14-16-18-19-20-21-22-23-24-25-26-27-28-29-30-31-32-33-34-35-36-37-38-39-40-41-42-43-44-45-46-47-49-51-53-55-57-59-65(69)66-63(62-73-74(70,71)72-61-60-67(3,4)5)64(68)58-56-54-52-50-48-17-15-13-11-9-7-2/h21-22,56,58,63-64,68H,6-20,23-55,57,59-62H2,1-5H3,(H-,66,69,70,71)/b22-21-,58-56+. The van der Waals surface area contributed by atoms with Crippen LogP contribution in [-0.2, 0) is 18.4 Å². The summed E-state index contributed by atoms with van der Waals surface area (Å²) in [6.45, 7) is 4.67. The van der Waals surface area contributed by atoms with Gasteiger partial charge in [-0.05, 0) is 44.9 Å². The number of aliphatic hydroxyl groups is 1. The molecule has 0 rings (SSSR count). The van der Waals surface area contributed by atoms with E-state index in [-0.39, 0.29) is 19.1 Å². The number of carbonyl (C=O) groups excluding carboxylic acids is 1. The Labute approximate surface area is 462 Å². The second kappa shape index (κ2) is 56.7. The molecule has 0 spiro atoms. The number of likely N-dealkylation sites (N-methyl/N-ethyl adjacent to an activating group) is 1. The number of amides is 1. The van der Waals surface area contributed by atoms with Gasteiger partial charge >= 0.3 is 0 Å². The highest BCUT2D eigenvalue weighted by Crippen LogP contribution is 2.38. The molecule has 3 atom stereocenters. The molecule has 0 aliphatic carbocycles. The fourth-order valence-electron chi connectivity index (χ4n) is 10.0. The van der Waals surface area contributed by atoms with E-state index in [4.69, 9.17) is 9.05 Å². The summed E-state index contributed by atoms with van der Waals surface area (Å²) in [5.41, 5.74) is 0. The zero-order valence-electron chi connectivity index (χ0n) is 50.3. The molecule has 0 aromatic heterocycles. The van der Waals surface area contributed by atoms with Crippen molar-refractivity contribution in [1.82, 2.24) is 5.32 Å². The molecular formula is C65H129N2O6P. The van der Waals surface area contributed by atoms with Crippen LogP contribution in [0.15, 0.2) is 24.3 Å². The van der Waals surface area contributed by atoms with Gasteiger partial charge in [0.2, 0.25) is 5.91 Å². The van der Waals surface area contributed by atoms with Crippen molar-refractivity contribution >= 4 is 13.7 Å². The molecule has 8 nitrogen and oxygen atoms in total. The van der Waals surface area contributed by atoms with Crippen LogP contribution in [0.3, 0.4) is 0 Å². The minimum Gasteiger partial charge on any atom is -0.756 e. The smallest absolute Gasteiger partial charge is 0.268 e. The van der Waals surface area contributed by atoms with Crippen molar-refractivity contribution in [2.45, 2.75) is 347 Å². The van der Waals surface area contributed by atoms with Crippen LogP contribution in [0.2, 0.25) is 0 Å². The van der Waals surface area contributed by atoms with Crippen molar-refractivity contribution in [3.8, 4) is 0 Å². The number of allylic oxidation sites excluding steroid dienone is 3. The highest BCUT2D eigenvalue weighted by molar-refractivity contribution is 7.45.